The molecule has 0 saturated heterocycles. The standard InChI is InChI=1S/C22H24N4O4/c1-14-15(10-7-11-18(14)23)20(24)25-30-19(27)12-3-2-6-13-26-21(28)16-8-4-5-9-17(16)22(26)29/h4-5,7-11H,2-3,6,12-13,23H2,1H3,(H2,24,25). The summed E-state index contributed by atoms with van der Waals surface area (Å²) in [5.74, 6) is -0.952. The summed E-state index contributed by atoms with van der Waals surface area (Å²) in [6, 6.07) is 12.0. The highest BCUT2D eigenvalue weighted by molar-refractivity contribution is 6.21. The van der Waals surface area contributed by atoms with E-state index in [-0.39, 0.29) is 24.1 Å². The van der Waals surface area contributed by atoms with Crippen LogP contribution in [0.1, 0.15) is 57.5 Å². The number of amidine groups is 1. The Kier molecular flexibility index (Phi) is 6.46. The fraction of sp³-hybridized carbons (Fsp3) is 0.273. The van der Waals surface area contributed by atoms with Crippen LogP contribution >= 0.6 is 0 Å². The summed E-state index contributed by atoms with van der Waals surface area (Å²) in [4.78, 5) is 42.6. The molecule has 0 spiro atoms. The molecule has 2 amide bonds. The van der Waals surface area contributed by atoms with Crippen LogP contribution in [0.2, 0.25) is 0 Å². The molecule has 8 nitrogen and oxygen atoms in total. The predicted molar refractivity (Wildman–Crippen MR) is 113 cm³/mol. The molecule has 0 fully saturated rings. The number of rotatable bonds is 8. The summed E-state index contributed by atoms with van der Waals surface area (Å²) in [6.45, 7) is 2.13. The van der Waals surface area contributed by atoms with Gasteiger partial charge in [-0.3, -0.25) is 14.5 Å². The number of amides is 2. The Morgan fingerprint density at radius 3 is 2.33 bits per heavy atom. The molecule has 1 heterocycles. The molecule has 1 aliphatic heterocycles. The lowest BCUT2D eigenvalue weighted by Crippen LogP contribution is -2.30. The van der Waals surface area contributed by atoms with Gasteiger partial charge >= 0.3 is 5.97 Å². The van der Waals surface area contributed by atoms with E-state index in [1.54, 1.807) is 42.5 Å². The molecule has 0 aromatic heterocycles. The number of nitrogens with two attached hydrogens (primary N) is 2. The first-order valence-corrected chi connectivity index (χ1v) is 9.74. The smallest absolute Gasteiger partial charge is 0.335 e. The Bertz CT molecular complexity index is 981. The monoisotopic (exact) mass is 408 g/mol. The lowest BCUT2D eigenvalue weighted by Gasteiger charge is -2.13. The molecule has 0 aliphatic carbocycles. The number of oxime groups is 1. The third-order valence-corrected chi connectivity index (χ3v) is 5.04. The van der Waals surface area contributed by atoms with E-state index >= 15 is 0 Å². The van der Waals surface area contributed by atoms with Gasteiger partial charge in [0.15, 0.2) is 5.84 Å². The van der Waals surface area contributed by atoms with Crippen LogP contribution in [0.5, 0.6) is 0 Å². The normalized spacial score (nSPS) is 13.5. The summed E-state index contributed by atoms with van der Waals surface area (Å²) in [5, 5.41) is 3.69. The van der Waals surface area contributed by atoms with E-state index in [0.717, 1.165) is 5.56 Å². The number of nitrogens with zero attached hydrogens (tertiary/aromatic N) is 2. The van der Waals surface area contributed by atoms with Crippen LogP contribution in [-0.4, -0.2) is 35.1 Å². The van der Waals surface area contributed by atoms with Crippen molar-refractivity contribution in [3.8, 4) is 0 Å². The van der Waals surface area contributed by atoms with Gasteiger partial charge in [0.25, 0.3) is 11.8 Å². The molecule has 1 aliphatic rings. The van der Waals surface area contributed by atoms with E-state index in [2.05, 4.69) is 5.16 Å². The second-order valence-corrected chi connectivity index (χ2v) is 7.08. The van der Waals surface area contributed by atoms with Gasteiger partial charge in [-0.15, -0.1) is 0 Å². The number of benzene rings is 2. The zero-order chi connectivity index (χ0) is 21.7. The number of imide groups is 1. The molecule has 0 atom stereocenters. The molecular weight excluding hydrogens is 384 g/mol. The SMILES string of the molecule is Cc1c(N)cccc1/C(N)=N/OC(=O)CCCCCN1C(=O)c2ccccc2C1=O. The molecule has 8 heteroatoms. The van der Waals surface area contributed by atoms with Gasteiger partial charge in [0.05, 0.1) is 11.1 Å². The summed E-state index contributed by atoms with van der Waals surface area (Å²) >= 11 is 0. The van der Waals surface area contributed by atoms with Crippen LogP contribution in [0.25, 0.3) is 0 Å². The van der Waals surface area contributed by atoms with E-state index < -0.39 is 5.97 Å². The Balaban J connectivity index is 1.40. The zero-order valence-corrected chi connectivity index (χ0v) is 16.8. The minimum atomic E-state index is -0.500. The van der Waals surface area contributed by atoms with Crippen molar-refractivity contribution in [1.82, 2.24) is 4.90 Å². The minimum Gasteiger partial charge on any atom is -0.398 e. The lowest BCUT2D eigenvalue weighted by atomic mass is 10.1. The molecular formula is C22H24N4O4. The predicted octanol–water partition coefficient (Wildman–Crippen LogP) is 2.60. The Morgan fingerprint density at radius 2 is 1.67 bits per heavy atom. The Labute approximate surface area is 174 Å². The van der Waals surface area contributed by atoms with Crippen LogP contribution in [0, 0.1) is 6.92 Å². The van der Waals surface area contributed by atoms with Gasteiger partial charge in [0.1, 0.15) is 0 Å². The number of carbonyl (C=O) groups is 3. The first kappa shape index (κ1) is 21.0. The molecule has 0 saturated carbocycles. The lowest BCUT2D eigenvalue weighted by molar-refractivity contribution is -0.143. The second kappa shape index (κ2) is 9.21. The van der Waals surface area contributed by atoms with Gasteiger partial charge in [-0.25, -0.2) is 4.79 Å². The summed E-state index contributed by atoms with van der Waals surface area (Å²) in [7, 11) is 0. The minimum absolute atomic E-state index is 0.0822. The quantitative estimate of drug-likeness (QED) is 0.131. The molecule has 30 heavy (non-hydrogen) atoms. The van der Waals surface area contributed by atoms with Gasteiger partial charge in [-0.1, -0.05) is 35.8 Å². The van der Waals surface area contributed by atoms with Crippen LogP contribution in [-0.2, 0) is 9.63 Å². The molecule has 156 valence electrons. The molecule has 2 aromatic rings. The third-order valence-electron chi connectivity index (χ3n) is 5.04. The fourth-order valence-electron chi connectivity index (χ4n) is 3.28. The fourth-order valence-corrected chi connectivity index (χ4v) is 3.28. The number of nitrogen functional groups attached to an aromatic ring is 1. The Hall–Kier alpha value is -3.68. The highest BCUT2D eigenvalue weighted by atomic mass is 16.7. The molecule has 4 N–H and O–H groups in total. The number of hydrogen-bond acceptors (Lipinski definition) is 6. The molecule has 3 rings (SSSR count). The molecule has 0 radical (unpaired) electrons. The first-order chi connectivity index (χ1) is 14.4. The van der Waals surface area contributed by atoms with Crippen LogP contribution in [0.3, 0.4) is 0 Å². The van der Waals surface area contributed by atoms with Crippen molar-refractivity contribution in [2.75, 3.05) is 12.3 Å². The van der Waals surface area contributed by atoms with E-state index in [0.29, 0.717) is 48.2 Å². The van der Waals surface area contributed by atoms with Crippen molar-refractivity contribution in [3.63, 3.8) is 0 Å². The number of anilines is 1. The van der Waals surface area contributed by atoms with E-state index in [1.165, 1.54) is 4.90 Å². The topological polar surface area (TPSA) is 128 Å². The highest BCUT2D eigenvalue weighted by Crippen LogP contribution is 2.23. The maximum Gasteiger partial charge on any atom is 0.335 e. The number of fused-ring (bicyclic) bond motifs is 1. The average Bonchev–Trinajstić information content (AvgIpc) is 2.98. The van der Waals surface area contributed by atoms with E-state index in [1.807, 2.05) is 6.92 Å². The number of carbonyl (C=O) groups excluding carboxylic acids is 3. The molecule has 2 aromatic carbocycles. The van der Waals surface area contributed by atoms with E-state index in [4.69, 9.17) is 16.3 Å². The first-order valence-electron chi connectivity index (χ1n) is 9.74. The molecule has 0 unspecified atom stereocenters. The van der Waals surface area contributed by atoms with Gasteiger partial charge in [0, 0.05) is 24.2 Å². The Morgan fingerprint density at radius 1 is 1.00 bits per heavy atom. The summed E-state index contributed by atoms with van der Waals surface area (Å²) < 4.78 is 0. The average molecular weight is 408 g/mol. The van der Waals surface area contributed by atoms with Crippen molar-refractivity contribution < 1.29 is 19.2 Å². The van der Waals surface area contributed by atoms with Gasteiger partial charge < -0.3 is 16.3 Å². The maximum absolute atomic E-state index is 12.3. The highest BCUT2D eigenvalue weighted by Gasteiger charge is 2.34. The molecule has 0 bridgehead atoms. The van der Waals surface area contributed by atoms with Crippen LogP contribution < -0.4 is 11.5 Å². The van der Waals surface area contributed by atoms with Crippen molar-refractivity contribution in [3.05, 3.63) is 64.7 Å². The van der Waals surface area contributed by atoms with Crippen molar-refractivity contribution in [2.24, 2.45) is 10.9 Å². The van der Waals surface area contributed by atoms with Crippen molar-refractivity contribution >= 4 is 29.3 Å². The zero-order valence-electron chi connectivity index (χ0n) is 16.8. The van der Waals surface area contributed by atoms with E-state index in [9.17, 15) is 14.4 Å². The van der Waals surface area contributed by atoms with Gasteiger partial charge in [-0.2, -0.15) is 0 Å². The van der Waals surface area contributed by atoms with Crippen LogP contribution in [0.4, 0.5) is 5.69 Å². The van der Waals surface area contributed by atoms with Gasteiger partial charge in [0.2, 0.25) is 0 Å². The van der Waals surface area contributed by atoms with Crippen molar-refractivity contribution in [1.29, 1.82) is 0 Å². The number of hydrogen-bond donors (Lipinski definition) is 2. The van der Waals surface area contributed by atoms with Gasteiger partial charge in [-0.05, 0) is 43.5 Å². The summed E-state index contributed by atoms with van der Waals surface area (Å²) in [6.07, 6.45) is 1.98. The summed E-state index contributed by atoms with van der Waals surface area (Å²) in [5.41, 5.74) is 14.5. The third kappa shape index (κ3) is 4.48. The maximum atomic E-state index is 12.3. The largest absolute Gasteiger partial charge is 0.398 e. The van der Waals surface area contributed by atoms with Crippen molar-refractivity contribution in [2.45, 2.75) is 32.6 Å². The number of unbranched alkanes of at least 4 members (excludes halogenated alkanes) is 2. The second-order valence-electron chi connectivity index (χ2n) is 7.08. The van der Waals surface area contributed by atoms with Crippen LogP contribution in [0.15, 0.2) is 47.6 Å².